The maximum atomic E-state index is 12.3. The third-order valence-electron chi connectivity index (χ3n) is 2.84. The van der Waals surface area contributed by atoms with E-state index in [9.17, 15) is 8.42 Å². The van der Waals surface area contributed by atoms with Gasteiger partial charge in [0.25, 0.3) is 10.2 Å². The molecule has 0 aliphatic carbocycles. The summed E-state index contributed by atoms with van der Waals surface area (Å²) >= 11 is 0. The highest BCUT2D eigenvalue weighted by Crippen LogP contribution is 2.06. The van der Waals surface area contributed by atoms with Crippen LogP contribution in [-0.2, 0) is 14.9 Å². The van der Waals surface area contributed by atoms with Gasteiger partial charge in [-0.15, -0.1) is 0 Å². The monoisotopic (exact) mass is 295 g/mol. The fourth-order valence-corrected chi connectivity index (χ4v) is 3.05. The van der Waals surface area contributed by atoms with E-state index in [1.807, 2.05) is 20.8 Å². The van der Waals surface area contributed by atoms with Crippen molar-refractivity contribution in [3.05, 3.63) is 0 Å². The van der Waals surface area contributed by atoms with Crippen molar-refractivity contribution >= 4 is 10.2 Å². The molecule has 0 aromatic heterocycles. The van der Waals surface area contributed by atoms with Gasteiger partial charge >= 0.3 is 0 Å². The van der Waals surface area contributed by atoms with Crippen LogP contribution in [0.2, 0.25) is 0 Å². The van der Waals surface area contributed by atoms with Gasteiger partial charge in [0, 0.05) is 33.3 Å². The van der Waals surface area contributed by atoms with E-state index < -0.39 is 10.2 Å². The van der Waals surface area contributed by atoms with Crippen molar-refractivity contribution in [1.29, 1.82) is 0 Å². The summed E-state index contributed by atoms with van der Waals surface area (Å²) in [7, 11) is -1.73. The topological polar surface area (TPSA) is 61.9 Å². The van der Waals surface area contributed by atoms with Crippen LogP contribution in [0.15, 0.2) is 0 Å². The zero-order chi connectivity index (χ0) is 14.7. The first-order chi connectivity index (χ1) is 9.00. The molecule has 0 aromatic carbocycles. The predicted molar refractivity (Wildman–Crippen MR) is 78.5 cm³/mol. The lowest BCUT2D eigenvalue weighted by Crippen LogP contribution is -2.44. The van der Waals surface area contributed by atoms with E-state index in [4.69, 9.17) is 4.74 Å². The fourth-order valence-electron chi connectivity index (χ4n) is 1.66. The molecule has 0 aliphatic rings. The minimum absolute atomic E-state index is 0.407. The van der Waals surface area contributed by atoms with Crippen LogP contribution in [-0.4, -0.2) is 70.0 Å². The molecular formula is C12H29N3O3S. The zero-order valence-corrected chi connectivity index (χ0v) is 13.5. The summed E-state index contributed by atoms with van der Waals surface area (Å²) in [6.07, 6.45) is 0.812. The maximum absolute atomic E-state index is 12.3. The molecule has 0 saturated heterocycles. The Kier molecular flexibility index (Phi) is 10.4. The summed E-state index contributed by atoms with van der Waals surface area (Å²) < 4.78 is 32.7. The van der Waals surface area contributed by atoms with Gasteiger partial charge in [0.1, 0.15) is 0 Å². The lowest BCUT2D eigenvalue weighted by molar-refractivity contribution is 0.134. The number of nitrogens with one attached hydrogen (secondary N) is 1. The van der Waals surface area contributed by atoms with Crippen molar-refractivity contribution in [3.63, 3.8) is 0 Å². The molecule has 0 aromatic rings. The van der Waals surface area contributed by atoms with Crippen molar-refractivity contribution in [3.8, 4) is 0 Å². The van der Waals surface area contributed by atoms with E-state index in [0.717, 1.165) is 19.5 Å². The Balaban J connectivity index is 4.28. The molecule has 0 rings (SSSR count). The molecule has 0 spiro atoms. The van der Waals surface area contributed by atoms with Crippen LogP contribution >= 0.6 is 0 Å². The van der Waals surface area contributed by atoms with Gasteiger partial charge in [0.15, 0.2) is 0 Å². The zero-order valence-electron chi connectivity index (χ0n) is 12.7. The number of rotatable bonds is 12. The third-order valence-corrected chi connectivity index (χ3v) is 4.90. The van der Waals surface area contributed by atoms with Gasteiger partial charge in [0.05, 0.1) is 6.61 Å². The van der Waals surface area contributed by atoms with Gasteiger partial charge in [-0.1, -0.05) is 13.8 Å². The second-order valence-electron chi connectivity index (χ2n) is 4.23. The minimum Gasteiger partial charge on any atom is -0.380 e. The van der Waals surface area contributed by atoms with Gasteiger partial charge in [-0.2, -0.15) is 17.0 Å². The highest BCUT2D eigenvalue weighted by molar-refractivity contribution is 7.86. The van der Waals surface area contributed by atoms with Crippen LogP contribution in [0.1, 0.15) is 27.2 Å². The molecule has 1 N–H and O–H groups in total. The second-order valence-corrected chi connectivity index (χ2v) is 6.26. The number of hydrogen-bond acceptors (Lipinski definition) is 4. The molecule has 0 saturated carbocycles. The molecule has 7 heteroatoms. The summed E-state index contributed by atoms with van der Waals surface area (Å²) in [5.74, 6) is 0. The van der Waals surface area contributed by atoms with Crippen molar-refractivity contribution in [2.24, 2.45) is 0 Å². The molecule has 0 atom stereocenters. The van der Waals surface area contributed by atoms with E-state index >= 15 is 0 Å². The Morgan fingerprint density at radius 3 is 2.37 bits per heavy atom. The average Bonchev–Trinajstić information content (AvgIpc) is 2.39. The molecule has 0 amide bonds. The molecule has 0 heterocycles. The number of likely N-dealkylation sites (N-methyl/N-ethyl adjacent to an activating group) is 1. The molecule has 6 nitrogen and oxygen atoms in total. The van der Waals surface area contributed by atoms with Gasteiger partial charge in [-0.3, -0.25) is 0 Å². The third kappa shape index (κ3) is 7.22. The van der Waals surface area contributed by atoms with Crippen LogP contribution in [0.5, 0.6) is 0 Å². The highest BCUT2D eigenvalue weighted by Gasteiger charge is 2.24. The van der Waals surface area contributed by atoms with E-state index in [-0.39, 0.29) is 0 Å². The summed E-state index contributed by atoms with van der Waals surface area (Å²) in [6, 6.07) is 0. The van der Waals surface area contributed by atoms with Crippen molar-refractivity contribution < 1.29 is 13.2 Å². The van der Waals surface area contributed by atoms with Crippen molar-refractivity contribution in [1.82, 2.24) is 13.9 Å². The van der Waals surface area contributed by atoms with Gasteiger partial charge in [-0.25, -0.2) is 0 Å². The second kappa shape index (κ2) is 10.6. The summed E-state index contributed by atoms with van der Waals surface area (Å²) in [6.45, 7) is 9.97. The van der Waals surface area contributed by atoms with E-state index in [1.165, 1.54) is 8.61 Å². The van der Waals surface area contributed by atoms with Crippen LogP contribution in [0.25, 0.3) is 0 Å². The SMILES string of the molecule is CCNCCCN(C)S(=O)(=O)N(CC)CCOCC. The minimum atomic E-state index is -3.36. The normalized spacial score (nSPS) is 12.5. The quantitative estimate of drug-likeness (QED) is 0.533. The van der Waals surface area contributed by atoms with Crippen LogP contribution in [0, 0.1) is 0 Å². The summed E-state index contributed by atoms with van der Waals surface area (Å²) in [5.41, 5.74) is 0. The smallest absolute Gasteiger partial charge is 0.281 e. The van der Waals surface area contributed by atoms with Crippen molar-refractivity contribution in [2.45, 2.75) is 27.2 Å². The van der Waals surface area contributed by atoms with E-state index in [2.05, 4.69) is 5.32 Å². The maximum Gasteiger partial charge on any atom is 0.281 e. The standard InChI is InChI=1S/C12H29N3O3S/c1-5-13-9-8-10-14(4)19(16,17)15(6-2)11-12-18-7-3/h13H,5-12H2,1-4H3. The van der Waals surface area contributed by atoms with Gasteiger partial charge in [0.2, 0.25) is 0 Å². The molecule has 0 aliphatic heterocycles. The largest absolute Gasteiger partial charge is 0.380 e. The predicted octanol–water partition coefficient (Wildman–Crippen LogP) is 0.521. The summed E-state index contributed by atoms with van der Waals surface area (Å²) in [4.78, 5) is 0. The highest BCUT2D eigenvalue weighted by atomic mass is 32.2. The number of hydrogen-bond donors (Lipinski definition) is 1. The molecular weight excluding hydrogens is 266 g/mol. The fraction of sp³-hybridized carbons (Fsp3) is 1.00. The van der Waals surface area contributed by atoms with E-state index in [1.54, 1.807) is 7.05 Å². The lowest BCUT2D eigenvalue weighted by atomic mass is 10.4. The first-order valence-electron chi connectivity index (χ1n) is 7.00. The molecule has 0 radical (unpaired) electrons. The van der Waals surface area contributed by atoms with Crippen molar-refractivity contribution in [2.75, 3.05) is 53.0 Å². The lowest BCUT2D eigenvalue weighted by Gasteiger charge is -2.26. The van der Waals surface area contributed by atoms with E-state index in [0.29, 0.717) is 32.8 Å². The van der Waals surface area contributed by atoms with Crippen LogP contribution < -0.4 is 5.32 Å². The summed E-state index contributed by atoms with van der Waals surface area (Å²) in [5, 5.41) is 3.19. The number of ether oxygens (including phenoxy) is 1. The molecule has 19 heavy (non-hydrogen) atoms. The Morgan fingerprint density at radius 2 is 1.84 bits per heavy atom. The van der Waals surface area contributed by atoms with Gasteiger partial charge < -0.3 is 10.1 Å². The Morgan fingerprint density at radius 1 is 1.16 bits per heavy atom. The Labute approximate surface area is 118 Å². The molecule has 116 valence electrons. The van der Waals surface area contributed by atoms with Crippen LogP contribution in [0.4, 0.5) is 0 Å². The van der Waals surface area contributed by atoms with Crippen LogP contribution in [0.3, 0.4) is 0 Å². The average molecular weight is 295 g/mol. The van der Waals surface area contributed by atoms with Gasteiger partial charge in [-0.05, 0) is 26.4 Å². The first kappa shape index (κ1) is 18.8. The molecule has 0 unspecified atom stereocenters. The number of nitrogens with zero attached hydrogens (tertiary/aromatic N) is 2. The molecule has 0 bridgehead atoms. The first-order valence-corrected chi connectivity index (χ1v) is 8.40. The Bertz CT molecular complexity index is 309. The Hall–Kier alpha value is -0.210. The molecule has 0 fully saturated rings.